The van der Waals surface area contributed by atoms with Gasteiger partial charge in [0, 0.05) is 12.5 Å². The van der Waals surface area contributed by atoms with Crippen LogP contribution in [0.15, 0.2) is 0 Å². The second-order valence-electron chi connectivity index (χ2n) is 14.1. The predicted molar refractivity (Wildman–Crippen MR) is 147 cm³/mol. The van der Waals surface area contributed by atoms with Crippen LogP contribution in [0.25, 0.3) is 0 Å². The molecule has 4 fully saturated rings. The normalized spacial score (nSPS) is 28.5. The van der Waals surface area contributed by atoms with Crippen LogP contribution in [0.4, 0.5) is 0 Å². The number of carbonyl (C=O) groups excluding carboxylic acids is 4. The number of carbonyl (C=O) groups is 4. The zero-order valence-corrected chi connectivity index (χ0v) is 24.2. The molecule has 0 spiro atoms. The molecule has 0 aromatic rings. The largest absolute Gasteiger partial charge is 0.368 e. The van der Waals surface area contributed by atoms with Crippen LogP contribution in [0.5, 0.6) is 0 Å². The van der Waals surface area contributed by atoms with E-state index in [0.717, 1.165) is 57.8 Å². The summed E-state index contributed by atoms with van der Waals surface area (Å²) in [4.78, 5) is 55.1. The summed E-state index contributed by atoms with van der Waals surface area (Å²) < 4.78 is 0. The number of hydrogen-bond acceptors (Lipinski definition) is 4. The number of nitrogens with zero attached hydrogens (tertiary/aromatic N) is 1. The number of rotatable bonds is 9. The first-order valence-electron chi connectivity index (χ1n) is 15.1. The fourth-order valence-electron chi connectivity index (χ4n) is 7.14. The molecule has 4 amide bonds. The summed E-state index contributed by atoms with van der Waals surface area (Å²) in [5.41, 5.74) is 5.16. The average molecular weight is 531 g/mol. The third-order valence-corrected chi connectivity index (χ3v) is 10.1. The van der Waals surface area contributed by atoms with Crippen molar-refractivity contribution in [2.24, 2.45) is 40.2 Å². The standard InChI is InChI=1S/C30H50N4O4/c1-18(2)30(21-12-9-13-21)16-22(25(31)35)34(17-30)28(38)24(29(3,4)5)33-27(37)23(19-10-7-6-8-11-19)32-26(36)20-14-15-20/h18-24H,6-17H2,1-5H3,(H2,31,35)(H,32,36)(H,33,37)/t22-,23-,24+,30+/m0/s1. The summed E-state index contributed by atoms with van der Waals surface area (Å²) in [7, 11) is 0. The quantitative estimate of drug-likeness (QED) is 0.422. The Morgan fingerprint density at radius 3 is 2.00 bits per heavy atom. The van der Waals surface area contributed by atoms with E-state index in [-0.39, 0.29) is 35.0 Å². The molecule has 0 radical (unpaired) electrons. The van der Waals surface area contributed by atoms with Crippen molar-refractivity contribution in [3.05, 3.63) is 0 Å². The first-order valence-corrected chi connectivity index (χ1v) is 15.1. The van der Waals surface area contributed by atoms with Gasteiger partial charge in [0.15, 0.2) is 0 Å². The smallest absolute Gasteiger partial charge is 0.246 e. The van der Waals surface area contributed by atoms with Crippen LogP contribution in [0.3, 0.4) is 0 Å². The lowest BCUT2D eigenvalue weighted by Gasteiger charge is -2.46. The van der Waals surface area contributed by atoms with Gasteiger partial charge in [-0.15, -0.1) is 0 Å². The third kappa shape index (κ3) is 5.89. The molecule has 0 bridgehead atoms. The zero-order chi connectivity index (χ0) is 27.8. The van der Waals surface area contributed by atoms with Gasteiger partial charge in [-0.25, -0.2) is 0 Å². The average Bonchev–Trinajstić information content (AvgIpc) is 3.59. The van der Waals surface area contributed by atoms with Crippen LogP contribution in [0.1, 0.15) is 105 Å². The van der Waals surface area contributed by atoms with Crippen LogP contribution in [-0.2, 0) is 19.2 Å². The molecule has 3 saturated carbocycles. The van der Waals surface area contributed by atoms with E-state index in [0.29, 0.717) is 24.8 Å². The minimum Gasteiger partial charge on any atom is -0.368 e. The highest BCUT2D eigenvalue weighted by Gasteiger charge is 2.56. The maximum atomic E-state index is 14.2. The molecule has 38 heavy (non-hydrogen) atoms. The molecule has 8 heteroatoms. The lowest BCUT2D eigenvalue weighted by molar-refractivity contribution is -0.144. The summed E-state index contributed by atoms with van der Waals surface area (Å²) in [6, 6.07) is -2.14. The highest BCUT2D eigenvalue weighted by molar-refractivity contribution is 5.95. The first-order chi connectivity index (χ1) is 17.8. The van der Waals surface area contributed by atoms with E-state index >= 15 is 0 Å². The first kappa shape index (κ1) is 28.9. The maximum absolute atomic E-state index is 14.2. The molecule has 8 nitrogen and oxygen atoms in total. The summed E-state index contributed by atoms with van der Waals surface area (Å²) in [5, 5.41) is 6.12. The Labute approximate surface area is 228 Å². The molecule has 3 aliphatic carbocycles. The molecule has 1 saturated heterocycles. The van der Waals surface area contributed by atoms with Gasteiger partial charge < -0.3 is 21.3 Å². The number of likely N-dealkylation sites (tertiary alicyclic amines) is 1. The zero-order valence-electron chi connectivity index (χ0n) is 24.2. The number of nitrogens with one attached hydrogen (secondary N) is 2. The van der Waals surface area contributed by atoms with Crippen molar-refractivity contribution in [2.75, 3.05) is 6.54 Å². The molecule has 1 aliphatic heterocycles. The van der Waals surface area contributed by atoms with Crippen molar-refractivity contribution in [1.82, 2.24) is 15.5 Å². The number of nitrogens with two attached hydrogens (primary N) is 1. The highest BCUT2D eigenvalue weighted by Crippen LogP contribution is 2.54. The van der Waals surface area contributed by atoms with Crippen molar-refractivity contribution in [2.45, 2.75) is 123 Å². The van der Waals surface area contributed by atoms with Gasteiger partial charge in [-0.05, 0) is 73.5 Å². The lowest BCUT2D eigenvalue weighted by Crippen LogP contribution is -2.61. The predicted octanol–water partition coefficient (Wildman–Crippen LogP) is 3.52. The Morgan fingerprint density at radius 2 is 1.53 bits per heavy atom. The Morgan fingerprint density at radius 1 is 0.895 bits per heavy atom. The number of primary amides is 1. The van der Waals surface area contributed by atoms with E-state index in [2.05, 4.69) is 24.5 Å². The van der Waals surface area contributed by atoms with Crippen LogP contribution in [0.2, 0.25) is 0 Å². The van der Waals surface area contributed by atoms with Crippen LogP contribution in [-0.4, -0.2) is 53.2 Å². The van der Waals surface area contributed by atoms with E-state index in [1.165, 1.54) is 6.42 Å². The second-order valence-corrected chi connectivity index (χ2v) is 14.1. The van der Waals surface area contributed by atoms with Gasteiger partial charge in [0.2, 0.25) is 23.6 Å². The fraction of sp³-hybridized carbons (Fsp3) is 0.867. The van der Waals surface area contributed by atoms with Gasteiger partial charge in [-0.2, -0.15) is 0 Å². The minimum absolute atomic E-state index is 0.00511. The van der Waals surface area contributed by atoms with E-state index in [1.807, 2.05) is 20.8 Å². The molecule has 1 heterocycles. The Kier molecular flexibility index (Phi) is 8.49. The maximum Gasteiger partial charge on any atom is 0.246 e. The van der Waals surface area contributed by atoms with Gasteiger partial charge in [0.1, 0.15) is 18.1 Å². The monoisotopic (exact) mass is 530 g/mol. The highest BCUT2D eigenvalue weighted by atomic mass is 16.2. The van der Waals surface area contributed by atoms with E-state index < -0.39 is 29.4 Å². The number of amides is 4. The molecule has 0 aromatic carbocycles. The van der Waals surface area contributed by atoms with Crippen LogP contribution < -0.4 is 16.4 Å². The molecule has 4 rings (SSSR count). The molecule has 0 aromatic heterocycles. The lowest BCUT2D eigenvalue weighted by atomic mass is 9.59. The summed E-state index contributed by atoms with van der Waals surface area (Å²) >= 11 is 0. The molecule has 4 atom stereocenters. The molecule has 4 aliphatic rings. The van der Waals surface area contributed by atoms with E-state index in [4.69, 9.17) is 5.73 Å². The van der Waals surface area contributed by atoms with E-state index in [9.17, 15) is 19.2 Å². The van der Waals surface area contributed by atoms with Crippen molar-refractivity contribution in [1.29, 1.82) is 0 Å². The molecule has 214 valence electrons. The SMILES string of the molecule is CC(C)[C@@]1(C2CCC2)C[C@@H](C(N)=O)N(C(=O)[C@@H](NC(=O)[C@@H](NC(=O)C2CC2)C2CCCCC2)C(C)(C)C)C1. The Hall–Kier alpha value is -2.12. The minimum atomic E-state index is -0.829. The van der Waals surface area contributed by atoms with Gasteiger partial charge in [-0.3, -0.25) is 19.2 Å². The van der Waals surface area contributed by atoms with Crippen molar-refractivity contribution >= 4 is 23.6 Å². The van der Waals surface area contributed by atoms with Crippen LogP contribution in [0, 0.1) is 34.5 Å². The third-order valence-electron chi connectivity index (χ3n) is 10.1. The molecular weight excluding hydrogens is 480 g/mol. The second kappa shape index (κ2) is 11.2. The van der Waals surface area contributed by atoms with Gasteiger partial charge in [-0.1, -0.05) is 60.3 Å². The molecule has 0 unspecified atom stereocenters. The Bertz CT molecular complexity index is 914. The molecule has 4 N–H and O–H groups in total. The van der Waals surface area contributed by atoms with Crippen LogP contribution >= 0.6 is 0 Å². The summed E-state index contributed by atoms with van der Waals surface area (Å²) in [6.45, 7) is 10.7. The molecular formula is C30H50N4O4. The van der Waals surface area contributed by atoms with Gasteiger partial charge in [0.25, 0.3) is 0 Å². The summed E-state index contributed by atoms with van der Waals surface area (Å²) in [6.07, 6.45) is 10.8. The van der Waals surface area contributed by atoms with Gasteiger partial charge in [0.05, 0.1) is 0 Å². The topological polar surface area (TPSA) is 122 Å². The summed E-state index contributed by atoms with van der Waals surface area (Å²) in [5.74, 6) is -0.192. The van der Waals surface area contributed by atoms with Crippen molar-refractivity contribution in [3.8, 4) is 0 Å². The van der Waals surface area contributed by atoms with Crippen molar-refractivity contribution in [3.63, 3.8) is 0 Å². The van der Waals surface area contributed by atoms with Gasteiger partial charge >= 0.3 is 0 Å². The van der Waals surface area contributed by atoms with Crippen molar-refractivity contribution < 1.29 is 19.2 Å². The number of hydrogen-bond donors (Lipinski definition) is 3. The van der Waals surface area contributed by atoms with E-state index in [1.54, 1.807) is 4.90 Å². The Balaban J connectivity index is 1.57. The fourth-order valence-corrected chi connectivity index (χ4v) is 7.14.